The Morgan fingerprint density at radius 2 is 2.14 bits per heavy atom. The molecule has 114 valence electrons. The number of amides is 1. The summed E-state index contributed by atoms with van der Waals surface area (Å²) >= 11 is 0. The Labute approximate surface area is 127 Å². The van der Waals surface area contributed by atoms with Gasteiger partial charge in [0.15, 0.2) is 0 Å². The Balaban J connectivity index is 2.72. The number of nitrogens with zero attached hydrogens (tertiary/aromatic N) is 1. The van der Waals surface area contributed by atoms with Crippen LogP contribution in [0.4, 0.5) is 0 Å². The molecule has 0 aliphatic rings. The van der Waals surface area contributed by atoms with Gasteiger partial charge < -0.3 is 10.4 Å². The van der Waals surface area contributed by atoms with Gasteiger partial charge in [0.25, 0.3) is 5.91 Å². The molecule has 21 heavy (non-hydrogen) atoms. The van der Waals surface area contributed by atoms with Crippen LogP contribution < -0.4 is 5.32 Å². The third-order valence-electron chi connectivity index (χ3n) is 3.08. The number of nitrogens with one attached hydrogen (secondary N) is 1. The van der Waals surface area contributed by atoms with Gasteiger partial charge in [0.05, 0.1) is 17.7 Å². The summed E-state index contributed by atoms with van der Waals surface area (Å²) in [6.45, 7) is 6.37. The van der Waals surface area contributed by atoms with E-state index in [1.807, 2.05) is 6.92 Å². The molecule has 1 unspecified atom stereocenters. The van der Waals surface area contributed by atoms with Crippen LogP contribution in [-0.4, -0.2) is 28.6 Å². The normalized spacial score (nSPS) is 11.7. The van der Waals surface area contributed by atoms with Crippen molar-refractivity contribution in [3.05, 3.63) is 29.6 Å². The standard InChI is InChI=1S/C17H24N2O2/c1-13(2)7-8-14(3)19-17(21)16-9-10-18-12-15(16)6-4-5-11-20/h9-10,12-14,20H,5,7-8,11H2,1-3H3,(H,19,21). The van der Waals surface area contributed by atoms with E-state index in [1.54, 1.807) is 18.5 Å². The van der Waals surface area contributed by atoms with Gasteiger partial charge in [-0.1, -0.05) is 25.7 Å². The molecule has 0 saturated carbocycles. The Bertz CT molecular complexity index is 515. The van der Waals surface area contributed by atoms with Crippen molar-refractivity contribution < 1.29 is 9.90 Å². The summed E-state index contributed by atoms with van der Waals surface area (Å²) in [4.78, 5) is 16.3. The van der Waals surface area contributed by atoms with Crippen molar-refractivity contribution in [3.8, 4) is 11.8 Å². The summed E-state index contributed by atoms with van der Waals surface area (Å²) in [5.74, 6) is 6.21. The number of carbonyl (C=O) groups is 1. The van der Waals surface area contributed by atoms with Crippen molar-refractivity contribution >= 4 is 5.91 Å². The molecule has 2 N–H and O–H groups in total. The summed E-state index contributed by atoms with van der Waals surface area (Å²) in [6, 6.07) is 1.80. The maximum absolute atomic E-state index is 12.3. The summed E-state index contributed by atoms with van der Waals surface area (Å²) in [7, 11) is 0. The average Bonchev–Trinajstić information content (AvgIpc) is 2.46. The highest BCUT2D eigenvalue weighted by molar-refractivity contribution is 5.96. The fourth-order valence-corrected chi connectivity index (χ4v) is 1.86. The molecule has 1 amide bonds. The molecule has 1 atom stereocenters. The minimum atomic E-state index is -0.123. The van der Waals surface area contributed by atoms with E-state index in [2.05, 4.69) is 36.0 Å². The molecule has 1 aromatic heterocycles. The Morgan fingerprint density at radius 1 is 1.38 bits per heavy atom. The van der Waals surface area contributed by atoms with E-state index in [4.69, 9.17) is 5.11 Å². The zero-order valence-electron chi connectivity index (χ0n) is 13.0. The molecule has 0 radical (unpaired) electrons. The van der Waals surface area contributed by atoms with Crippen molar-refractivity contribution in [3.63, 3.8) is 0 Å². The molecule has 0 fully saturated rings. The van der Waals surface area contributed by atoms with Crippen LogP contribution >= 0.6 is 0 Å². The Morgan fingerprint density at radius 3 is 2.81 bits per heavy atom. The van der Waals surface area contributed by atoms with Crippen molar-refractivity contribution in [2.75, 3.05) is 6.61 Å². The quantitative estimate of drug-likeness (QED) is 0.790. The van der Waals surface area contributed by atoms with Crippen LogP contribution in [0.3, 0.4) is 0 Å². The number of aliphatic hydroxyl groups is 1. The lowest BCUT2D eigenvalue weighted by atomic mass is 10.0. The van der Waals surface area contributed by atoms with Crippen molar-refractivity contribution in [1.29, 1.82) is 0 Å². The van der Waals surface area contributed by atoms with Gasteiger partial charge in [-0.25, -0.2) is 0 Å². The van der Waals surface area contributed by atoms with Gasteiger partial charge in [0.1, 0.15) is 0 Å². The molecule has 1 aromatic rings. The molecule has 1 heterocycles. The first-order valence-corrected chi connectivity index (χ1v) is 7.39. The van der Waals surface area contributed by atoms with Crippen LogP contribution in [0, 0.1) is 17.8 Å². The van der Waals surface area contributed by atoms with Crippen LogP contribution in [0.15, 0.2) is 18.5 Å². The lowest BCUT2D eigenvalue weighted by Gasteiger charge is -2.15. The fourth-order valence-electron chi connectivity index (χ4n) is 1.86. The number of rotatable bonds is 6. The summed E-state index contributed by atoms with van der Waals surface area (Å²) in [5, 5.41) is 11.7. The molecule has 4 heteroatoms. The van der Waals surface area contributed by atoms with E-state index in [0.717, 1.165) is 12.8 Å². The number of aliphatic hydroxyl groups excluding tert-OH is 1. The van der Waals surface area contributed by atoms with Crippen molar-refractivity contribution in [2.24, 2.45) is 5.92 Å². The molecule has 0 spiro atoms. The predicted molar refractivity (Wildman–Crippen MR) is 83.8 cm³/mol. The van der Waals surface area contributed by atoms with Crippen LogP contribution in [0.5, 0.6) is 0 Å². The van der Waals surface area contributed by atoms with E-state index in [-0.39, 0.29) is 18.6 Å². The van der Waals surface area contributed by atoms with E-state index in [9.17, 15) is 4.79 Å². The zero-order valence-corrected chi connectivity index (χ0v) is 13.0. The van der Waals surface area contributed by atoms with Crippen LogP contribution in [0.2, 0.25) is 0 Å². The highest BCUT2D eigenvalue weighted by Crippen LogP contribution is 2.09. The topological polar surface area (TPSA) is 62.2 Å². The molecular formula is C17H24N2O2. The number of carbonyl (C=O) groups excluding carboxylic acids is 1. The van der Waals surface area contributed by atoms with Gasteiger partial charge in [-0.05, 0) is 31.7 Å². The van der Waals surface area contributed by atoms with Gasteiger partial charge >= 0.3 is 0 Å². The number of aromatic nitrogens is 1. The summed E-state index contributed by atoms with van der Waals surface area (Å²) in [6.07, 6.45) is 5.60. The molecule has 0 aromatic carbocycles. The first kappa shape index (κ1) is 17.2. The first-order chi connectivity index (χ1) is 10.0. The van der Waals surface area contributed by atoms with E-state index >= 15 is 0 Å². The Kier molecular flexibility index (Phi) is 7.49. The van der Waals surface area contributed by atoms with Gasteiger partial charge in [-0.2, -0.15) is 0 Å². The van der Waals surface area contributed by atoms with E-state index in [0.29, 0.717) is 23.5 Å². The third kappa shape index (κ3) is 6.42. The highest BCUT2D eigenvalue weighted by Gasteiger charge is 2.13. The van der Waals surface area contributed by atoms with Crippen LogP contribution in [0.25, 0.3) is 0 Å². The molecule has 0 saturated heterocycles. The zero-order chi connectivity index (χ0) is 15.7. The van der Waals surface area contributed by atoms with Gasteiger partial charge in [-0.3, -0.25) is 9.78 Å². The minimum absolute atomic E-state index is 0.0149. The number of pyridine rings is 1. The highest BCUT2D eigenvalue weighted by atomic mass is 16.2. The predicted octanol–water partition coefficient (Wildman–Crippen LogP) is 2.37. The van der Waals surface area contributed by atoms with Gasteiger partial charge in [0.2, 0.25) is 0 Å². The Hall–Kier alpha value is -1.86. The van der Waals surface area contributed by atoms with Crippen molar-refractivity contribution in [1.82, 2.24) is 10.3 Å². The third-order valence-corrected chi connectivity index (χ3v) is 3.08. The molecule has 0 bridgehead atoms. The lowest BCUT2D eigenvalue weighted by molar-refractivity contribution is 0.0937. The van der Waals surface area contributed by atoms with Gasteiger partial charge in [-0.15, -0.1) is 0 Å². The number of hydrogen-bond donors (Lipinski definition) is 2. The monoisotopic (exact) mass is 288 g/mol. The second-order valence-electron chi connectivity index (χ2n) is 5.54. The van der Waals surface area contributed by atoms with E-state index in [1.165, 1.54) is 0 Å². The number of hydrogen-bond acceptors (Lipinski definition) is 3. The molecule has 0 aliphatic heterocycles. The summed E-state index contributed by atoms with van der Waals surface area (Å²) in [5.41, 5.74) is 1.13. The molecular weight excluding hydrogens is 264 g/mol. The molecule has 4 nitrogen and oxygen atoms in total. The smallest absolute Gasteiger partial charge is 0.252 e. The van der Waals surface area contributed by atoms with E-state index < -0.39 is 0 Å². The summed E-state index contributed by atoms with van der Waals surface area (Å²) < 4.78 is 0. The largest absolute Gasteiger partial charge is 0.395 e. The minimum Gasteiger partial charge on any atom is -0.395 e. The lowest BCUT2D eigenvalue weighted by Crippen LogP contribution is -2.33. The molecule has 1 rings (SSSR count). The maximum atomic E-state index is 12.3. The SMILES string of the molecule is CC(C)CCC(C)NC(=O)c1ccncc1C#CCCO. The second-order valence-corrected chi connectivity index (χ2v) is 5.54. The first-order valence-electron chi connectivity index (χ1n) is 7.39. The molecule has 0 aliphatic carbocycles. The fraction of sp³-hybridized carbons (Fsp3) is 0.529. The van der Waals surface area contributed by atoms with Crippen LogP contribution in [0.1, 0.15) is 56.0 Å². The second kappa shape index (κ2) is 9.15. The average molecular weight is 288 g/mol. The van der Waals surface area contributed by atoms with Gasteiger partial charge in [0, 0.05) is 24.9 Å². The van der Waals surface area contributed by atoms with Crippen molar-refractivity contribution in [2.45, 2.75) is 46.1 Å². The van der Waals surface area contributed by atoms with Crippen LogP contribution in [-0.2, 0) is 0 Å². The maximum Gasteiger partial charge on any atom is 0.252 e.